The molecule has 3 rings (SSSR count). The van der Waals surface area contributed by atoms with Gasteiger partial charge in [-0.2, -0.15) is 5.10 Å². The quantitative estimate of drug-likeness (QED) is 0.693. The van der Waals surface area contributed by atoms with Crippen LogP contribution in [0.1, 0.15) is 11.3 Å². The summed E-state index contributed by atoms with van der Waals surface area (Å²) in [5.74, 6) is 0.606. The van der Waals surface area contributed by atoms with E-state index in [0.717, 1.165) is 17.8 Å². The fourth-order valence-electron chi connectivity index (χ4n) is 2.00. The molecule has 0 radical (unpaired) electrons. The monoisotopic (exact) mass is 284 g/mol. The molecule has 0 saturated heterocycles. The third kappa shape index (κ3) is 2.86. The fourth-order valence-corrected chi connectivity index (χ4v) is 2.23. The van der Waals surface area contributed by atoms with Crippen molar-refractivity contribution in [2.45, 2.75) is 13.5 Å². The Morgan fingerprint density at radius 1 is 1.15 bits per heavy atom. The van der Waals surface area contributed by atoms with Crippen LogP contribution in [-0.2, 0) is 6.54 Å². The average Bonchev–Trinajstić information content (AvgIpc) is 2.87. The summed E-state index contributed by atoms with van der Waals surface area (Å²) in [6.45, 7) is 2.62. The van der Waals surface area contributed by atoms with Crippen LogP contribution in [0.5, 0.6) is 0 Å². The molecule has 0 spiro atoms. The van der Waals surface area contributed by atoms with Crippen LogP contribution in [-0.4, -0.2) is 19.7 Å². The highest BCUT2D eigenvalue weighted by atomic mass is 35.5. The van der Waals surface area contributed by atoms with E-state index in [4.69, 9.17) is 11.6 Å². The van der Waals surface area contributed by atoms with Crippen LogP contribution in [0.2, 0.25) is 5.15 Å². The first-order valence-electron chi connectivity index (χ1n) is 6.28. The Hall–Kier alpha value is -2.20. The third-order valence-corrected chi connectivity index (χ3v) is 3.10. The van der Waals surface area contributed by atoms with Crippen molar-refractivity contribution in [3.8, 4) is 11.4 Å². The molecule has 3 aromatic rings. The van der Waals surface area contributed by atoms with Crippen LogP contribution in [0, 0.1) is 6.92 Å². The van der Waals surface area contributed by atoms with Gasteiger partial charge in [-0.25, -0.2) is 9.97 Å². The van der Waals surface area contributed by atoms with Gasteiger partial charge in [-0.15, -0.1) is 0 Å². The lowest BCUT2D eigenvalue weighted by Crippen LogP contribution is -1.99. The number of halogens is 1. The Bertz CT molecular complexity index is 701. The minimum absolute atomic E-state index is 0.448. The molecule has 2 heterocycles. The van der Waals surface area contributed by atoms with Crippen LogP contribution in [0.3, 0.4) is 0 Å². The lowest BCUT2D eigenvalue weighted by Gasteiger charge is -2.01. The van der Waals surface area contributed by atoms with Crippen molar-refractivity contribution < 1.29 is 0 Å². The Balaban J connectivity index is 1.86. The zero-order valence-corrected chi connectivity index (χ0v) is 11.7. The number of hydrogen-bond acceptors (Lipinski definition) is 3. The fraction of sp³-hybridized carbons (Fsp3) is 0.133. The Labute approximate surface area is 122 Å². The van der Waals surface area contributed by atoms with E-state index < -0.39 is 0 Å². The molecule has 0 bridgehead atoms. The summed E-state index contributed by atoms with van der Waals surface area (Å²) in [7, 11) is 0. The van der Waals surface area contributed by atoms with E-state index in [1.165, 1.54) is 5.56 Å². The summed E-state index contributed by atoms with van der Waals surface area (Å²) in [5.41, 5.74) is 2.91. The van der Waals surface area contributed by atoms with E-state index in [9.17, 15) is 0 Å². The van der Waals surface area contributed by atoms with Crippen LogP contribution in [0.25, 0.3) is 11.4 Å². The Morgan fingerprint density at radius 3 is 2.70 bits per heavy atom. The molecule has 0 aliphatic heterocycles. The van der Waals surface area contributed by atoms with E-state index in [2.05, 4.69) is 27.2 Å². The second-order valence-electron chi connectivity index (χ2n) is 4.57. The second kappa shape index (κ2) is 5.43. The molecule has 20 heavy (non-hydrogen) atoms. The molecule has 0 fully saturated rings. The SMILES string of the molecule is Cc1cc(Cl)nc(-c2cnn(Cc3ccccc3)c2)n1. The van der Waals surface area contributed by atoms with Crippen molar-refractivity contribution in [2.24, 2.45) is 0 Å². The van der Waals surface area contributed by atoms with Gasteiger partial charge in [0.15, 0.2) is 5.82 Å². The van der Waals surface area contributed by atoms with E-state index in [-0.39, 0.29) is 0 Å². The lowest BCUT2D eigenvalue weighted by molar-refractivity contribution is 0.687. The minimum Gasteiger partial charge on any atom is -0.268 e. The van der Waals surface area contributed by atoms with Gasteiger partial charge >= 0.3 is 0 Å². The lowest BCUT2D eigenvalue weighted by atomic mass is 10.2. The van der Waals surface area contributed by atoms with Gasteiger partial charge in [0.2, 0.25) is 0 Å². The van der Waals surface area contributed by atoms with Crippen molar-refractivity contribution in [1.82, 2.24) is 19.7 Å². The van der Waals surface area contributed by atoms with Crippen molar-refractivity contribution in [2.75, 3.05) is 0 Å². The summed E-state index contributed by atoms with van der Waals surface area (Å²) in [4.78, 5) is 8.60. The summed E-state index contributed by atoms with van der Waals surface area (Å²) in [6, 6.07) is 11.9. The summed E-state index contributed by atoms with van der Waals surface area (Å²) >= 11 is 5.96. The number of benzene rings is 1. The van der Waals surface area contributed by atoms with Crippen LogP contribution >= 0.6 is 11.6 Å². The Morgan fingerprint density at radius 2 is 1.95 bits per heavy atom. The smallest absolute Gasteiger partial charge is 0.164 e. The number of hydrogen-bond donors (Lipinski definition) is 0. The summed E-state index contributed by atoms with van der Waals surface area (Å²) < 4.78 is 1.87. The standard InChI is InChI=1S/C15H13ClN4/c1-11-7-14(16)19-15(18-11)13-8-17-20(10-13)9-12-5-3-2-4-6-12/h2-8,10H,9H2,1H3. The number of aromatic nitrogens is 4. The van der Waals surface area contributed by atoms with Gasteiger partial charge in [0.25, 0.3) is 0 Å². The van der Waals surface area contributed by atoms with Gasteiger partial charge in [0, 0.05) is 11.9 Å². The normalized spacial score (nSPS) is 10.7. The zero-order chi connectivity index (χ0) is 13.9. The number of nitrogens with zero attached hydrogens (tertiary/aromatic N) is 4. The van der Waals surface area contributed by atoms with Gasteiger partial charge in [-0.1, -0.05) is 41.9 Å². The molecule has 0 N–H and O–H groups in total. The molecule has 4 nitrogen and oxygen atoms in total. The predicted molar refractivity (Wildman–Crippen MR) is 78.5 cm³/mol. The number of rotatable bonds is 3. The average molecular weight is 285 g/mol. The first kappa shape index (κ1) is 12.8. The predicted octanol–water partition coefficient (Wildman–Crippen LogP) is 3.35. The van der Waals surface area contributed by atoms with Crippen molar-refractivity contribution in [3.05, 3.63) is 65.2 Å². The van der Waals surface area contributed by atoms with E-state index in [0.29, 0.717) is 11.0 Å². The van der Waals surface area contributed by atoms with Gasteiger partial charge in [-0.05, 0) is 18.6 Å². The van der Waals surface area contributed by atoms with Crippen LogP contribution in [0.4, 0.5) is 0 Å². The largest absolute Gasteiger partial charge is 0.268 e. The molecule has 5 heteroatoms. The summed E-state index contributed by atoms with van der Waals surface area (Å²) in [6.07, 6.45) is 3.69. The van der Waals surface area contributed by atoms with Gasteiger partial charge < -0.3 is 0 Å². The Kier molecular flexibility index (Phi) is 3.48. The van der Waals surface area contributed by atoms with Crippen molar-refractivity contribution in [3.63, 3.8) is 0 Å². The summed E-state index contributed by atoms with van der Waals surface area (Å²) in [5, 5.41) is 4.79. The highest BCUT2D eigenvalue weighted by Gasteiger charge is 2.07. The number of aryl methyl sites for hydroxylation is 1. The topological polar surface area (TPSA) is 43.6 Å². The van der Waals surface area contributed by atoms with Crippen molar-refractivity contribution in [1.29, 1.82) is 0 Å². The minimum atomic E-state index is 0.448. The highest BCUT2D eigenvalue weighted by molar-refractivity contribution is 6.29. The molecule has 2 aromatic heterocycles. The molecular formula is C15H13ClN4. The molecule has 1 aromatic carbocycles. The van der Waals surface area contributed by atoms with Crippen LogP contribution in [0.15, 0.2) is 48.8 Å². The molecule has 100 valence electrons. The third-order valence-electron chi connectivity index (χ3n) is 2.90. The first-order valence-corrected chi connectivity index (χ1v) is 6.66. The molecular weight excluding hydrogens is 272 g/mol. The zero-order valence-electron chi connectivity index (χ0n) is 11.0. The second-order valence-corrected chi connectivity index (χ2v) is 4.96. The molecule has 0 atom stereocenters. The van der Waals surface area contributed by atoms with E-state index >= 15 is 0 Å². The maximum Gasteiger partial charge on any atom is 0.164 e. The molecule has 0 aliphatic rings. The van der Waals surface area contributed by atoms with Gasteiger partial charge in [-0.3, -0.25) is 4.68 Å². The molecule has 0 aliphatic carbocycles. The molecule has 0 amide bonds. The van der Waals surface area contributed by atoms with Crippen LogP contribution < -0.4 is 0 Å². The van der Waals surface area contributed by atoms with Gasteiger partial charge in [0.05, 0.1) is 18.3 Å². The molecule has 0 unspecified atom stereocenters. The van der Waals surface area contributed by atoms with Gasteiger partial charge in [0.1, 0.15) is 5.15 Å². The first-order chi connectivity index (χ1) is 9.70. The van der Waals surface area contributed by atoms with E-state index in [1.54, 1.807) is 12.3 Å². The highest BCUT2D eigenvalue weighted by Crippen LogP contribution is 2.17. The maximum absolute atomic E-state index is 5.96. The molecule has 0 saturated carbocycles. The van der Waals surface area contributed by atoms with E-state index in [1.807, 2.05) is 36.0 Å². The van der Waals surface area contributed by atoms with Crippen molar-refractivity contribution >= 4 is 11.6 Å². The maximum atomic E-state index is 5.96.